The van der Waals surface area contributed by atoms with Crippen molar-refractivity contribution in [2.45, 2.75) is 32.0 Å². The van der Waals surface area contributed by atoms with Crippen LogP contribution in [0.15, 0.2) is 30.3 Å². The molecule has 1 aromatic rings. The maximum atomic E-state index is 9.50. The average Bonchev–Trinajstić information content (AvgIpc) is 2.47. The van der Waals surface area contributed by atoms with Crippen molar-refractivity contribution in [3.63, 3.8) is 0 Å². The molecule has 1 aliphatic heterocycles. The summed E-state index contributed by atoms with van der Waals surface area (Å²) < 4.78 is 5.63. The van der Waals surface area contributed by atoms with Crippen molar-refractivity contribution in [3.8, 4) is 0 Å². The standard InChI is InChI=1S/C16H26N2O2/c1-13(2)20-9-8-18-11-16(17-10-15(18)12-19)14-6-4-3-5-7-14/h3-7,13,15-17,19H,8-12H2,1-2H3. The maximum absolute atomic E-state index is 9.50. The van der Waals surface area contributed by atoms with E-state index in [1.165, 1.54) is 5.56 Å². The number of hydrogen-bond donors (Lipinski definition) is 2. The molecule has 1 aliphatic rings. The molecule has 1 heterocycles. The van der Waals surface area contributed by atoms with E-state index in [1.807, 2.05) is 19.9 Å². The van der Waals surface area contributed by atoms with Crippen LogP contribution < -0.4 is 5.32 Å². The van der Waals surface area contributed by atoms with Gasteiger partial charge in [-0.05, 0) is 19.4 Å². The molecule has 2 N–H and O–H groups in total. The number of rotatable bonds is 6. The Balaban J connectivity index is 1.93. The van der Waals surface area contributed by atoms with Gasteiger partial charge in [-0.1, -0.05) is 30.3 Å². The van der Waals surface area contributed by atoms with E-state index >= 15 is 0 Å². The van der Waals surface area contributed by atoms with E-state index in [1.54, 1.807) is 0 Å². The van der Waals surface area contributed by atoms with Gasteiger partial charge in [0.25, 0.3) is 0 Å². The van der Waals surface area contributed by atoms with Gasteiger partial charge in [0.1, 0.15) is 0 Å². The fourth-order valence-electron chi connectivity index (χ4n) is 2.62. The smallest absolute Gasteiger partial charge is 0.0599 e. The molecule has 0 aliphatic carbocycles. The predicted octanol–water partition coefficient (Wildman–Crippen LogP) is 1.42. The molecule has 2 atom stereocenters. The van der Waals surface area contributed by atoms with Crippen molar-refractivity contribution in [1.82, 2.24) is 10.2 Å². The Hall–Kier alpha value is -0.940. The summed E-state index contributed by atoms with van der Waals surface area (Å²) in [5.74, 6) is 0. The molecule has 2 rings (SSSR count). The number of hydrogen-bond acceptors (Lipinski definition) is 4. The molecule has 4 nitrogen and oxygen atoms in total. The van der Waals surface area contributed by atoms with E-state index in [-0.39, 0.29) is 18.8 Å². The first-order chi connectivity index (χ1) is 9.70. The zero-order chi connectivity index (χ0) is 14.4. The summed E-state index contributed by atoms with van der Waals surface area (Å²) in [5.41, 5.74) is 1.30. The fourth-order valence-corrected chi connectivity index (χ4v) is 2.62. The highest BCUT2D eigenvalue weighted by Gasteiger charge is 2.27. The van der Waals surface area contributed by atoms with E-state index in [0.717, 1.165) is 26.2 Å². The lowest BCUT2D eigenvalue weighted by Crippen LogP contribution is -2.55. The highest BCUT2D eigenvalue weighted by atomic mass is 16.5. The van der Waals surface area contributed by atoms with Gasteiger partial charge in [0, 0.05) is 31.7 Å². The Morgan fingerprint density at radius 2 is 2.10 bits per heavy atom. The minimum absolute atomic E-state index is 0.186. The SMILES string of the molecule is CC(C)OCCN1CC(c2ccccc2)NCC1CO. The monoisotopic (exact) mass is 278 g/mol. The number of aliphatic hydroxyl groups is 1. The molecule has 1 saturated heterocycles. The lowest BCUT2D eigenvalue weighted by molar-refractivity contribution is 0.0232. The molecule has 0 bridgehead atoms. The molecule has 0 saturated carbocycles. The minimum atomic E-state index is 0.186. The van der Waals surface area contributed by atoms with Gasteiger partial charge in [-0.15, -0.1) is 0 Å². The van der Waals surface area contributed by atoms with Crippen molar-refractivity contribution in [2.75, 3.05) is 32.8 Å². The normalized spacial score (nSPS) is 24.2. The van der Waals surface area contributed by atoms with Crippen molar-refractivity contribution >= 4 is 0 Å². The van der Waals surface area contributed by atoms with Crippen LogP contribution in [0.2, 0.25) is 0 Å². The number of ether oxygens (including phenoxy) is 1. The molecule has 1 aromatic carbocycles. The number of benzene rings is 1. The van der Waals surface area contributed by atoms with Gasteiger partial charge in [-0.2, -0.15) is 0 Å². The summed E-state index contributed by atoms with van der Waals surface area (Å²) in [6.45, 7) is 7.61. The topological polar surface area (TPSA) is 44.7 Å². The van der Waals surface area contributed by atoms with E-state index in [9.17, 15) is 5.11 Å². The Kier molecular flexibility index (Phi) is 5.98. The second kappa shape index (κ2) is 7.74. The highest BCUT2D eigenvalue weighted by Crippen LogP contribution is 2.19. The third-order valence-electron chi connectivity index (χ3n) is 3.78. The molecule has 2 unspecified atom stereocenters. The molecular formula is C16H26N2O2. The van der Waals surface area contributed by atoms with Crippen LogP contribution in [-0.4, -0.2) is 55.0 Å². The number of nitrogens with one attached hydrogen (secondary N) is 1. The Bertz CT molecular complexity index is 383. The van der Waals surface area contributed by atoms with Crippen LogP contribution in [-0.2, 0) is 4.74 Å². The van der Waals surface area contributed by atoms with E-state index in [4.69, 9.17) is 4.74 Å². The highest BCUT2D eigenvalue weighted by molar-refractivity contribution is 5.20. The van der Waals surface area contributed by atoms with E-state index < -0.39 is 0 Å². The quantitative estimate of drug-likeness (QED) is 0.826. The Morgan fingerprint density at radius 3 is 2.75 bits per heavy atom. The lowest BCUT2D eigenvalue weighted by atomic mass is 10.0. The molecule has 1 fully saturated rings. The van der Waals surface area contributed by atoms with Gasteiger partial charge in [-0.3, -0.25) is 4.90 Å². The first-order valence-electron chi connectivity index (χ1n) is 7.45. The third kappa shape index (κ3) is 4.28. The molecular weight excluding hydrogens is 252 g/mol. The van der Waals surface area contributed by atoms with Crippen molar-refractivity contribution in [3.05, 3.63) is 35.9 Å². The van der Waals surface area contributed by atoms with Gasteiger partial charge in [0.05, 0.1) is 19.3 Å². The fraction of sp³-hybridized carbons (Fsp3) is 0.625. The second-order valence-electron chi connectivity index (χ2n) is 5.62. The molecule has 0 amide bonds. The first kappa shape index (κ1) is 15.4. The zero-order valence-corrected chi connectivity index (χ0v) is 12.5. The predicted molar refractivity (Wildman–Crippen MR) is 80.7 cm³/mol. The van der Waals surface area contributed by atoms with Crippen LogP contribution in [0.1, 0.15) is 25.5 Å². The largest absolute Gasteiger partial charge is 0.395 e. The van der Waals surface area contributed by atoms with Gasteiger partial charge >= 0.3 is 0 Å². The van der Waals surface area contributed by atoms with E-state index in [2.05, 4.69) is 34.5 Å². The number of nitrogens with zero attached hydrogens (tertiary/aromatic N) is 1. The van der Waals surface area contributed by atoms with Gasteiger partial charge < -0.3 is 15.2 Å². The number of piperazine rings is 1. The van der Waals surface area contributed by atoms with Gasteiger partial charge in [0.15, 0.2) is 0 Å². The molecule has 0 spiro atoms. The Morgan fingerprint density at radius 1 is 1.35 bits per heavy atom. The van der Waals surface area contributed by atoms with E-state index in [0.29, 0.717) is 6.04 Å². The summed E-state index contributed by atoms with van der Waals surface area (Å²) in [6, 6.07) is 11.0. The van der Waals surface area contributed by atoms with Crippen LogP contribution in [0.5, 0.6) is 0 Å². The Labute approximate surface area is 121 Å². The van der Waals surface area contributed by atoms with Crippen LogP contribution in [0.4, 0.5) is 0 Å². The summed E-state index contributed by atoms with van der Waals surface area (Å²) >= 11 is 0. The van der Waals surface area contributed by atoms with Crippen LogP contribution >= 0.6 is 0 Å². The molecule has 112 valence electrons. The van der Waals surface area contributed by atoms with Crippen LogP contribution in [0.3, 0.4) is 0 Å². The lowest BCUT2D eigenvalue weighted by Gasteiger charge is -2.39. The van der Waals surface area contributed by atoms with Gasteiger partial charge in [-0.25, -0.2) is 0 Å². The van der Waals surface area contributed by atoms with Crippen molar-refractivity contribution < 1.29 is 9.84 Å². The third-order valence-corrected chi connectivity index (χ3v) is 3.78. The first-order valence-corrected chi connectivity index (χ1v) is 7.45. The second-order valence-corrected chi connectivity index (χ2v) is 5.62. The van der Waals surface area contributed by atoms with Crippen LogP contribution in [0, 0.1) is 0 Å². The summed E-state index contributed by atoms with van der Waals surface area (Å²) in [6.07, 6.45) is 0.260. The average molecular weight is 278 g/mol. The molecule has 20 heavy (non-hydrogen) atoms. The van der Waals surface area contributed by atoms with Crippen molar-refractivity contribution in [2.24, 2.45) is 0 Å². The van der Waals surface area contributed by atoms with Crippen molar-refractivity contribution in [1.29, 1.82) is 0 Å². The summed E-state index contributed by atoms with van der Waals surface area (Å²) in [4.78, 5) is 2.33. The summed E-state index contributed by atoms with van der Waals surface area (Å²) in [7, 11) is 0. The van der Waals surface area contributed by atoms with Crippen LogP contribution in [0.25, 0.3) is 0 Å². The molecule has 0 aromatic heterocycles. The minimum Gasteiger partial charge on any atom is -0.395 e. The maximum Gasteiger partial charge on any atom is 0.0599 e. The molecule has 4 heteroatoms. The number of aliphatic hydroxyl groups excluding tert-OH is 1. The zero-order valence-electron chi connectivity index (χ0n) is 12.5. The van der Waals surface area contributed by atoms with Gasteiger partial charge in [0.2, 0.25) is 0 Å². The molecule has 0 radical (unpaired) electrons. The summed E-state index contributed by atoms with van der Waals surface area (Å²) in [5, 5.41) is 13.0.